The molecule has 1 atom stereocenters. The van der Waals surface area contributed by atoms with Crippen LogP contribution >= 0.6 is 0 Å². The number of ether oxygens (including phenoxy) is 1. The zero-order valence-electron chi connectivity index (χ0n) is 17.9. The van der Waals surface area contributed by atoms with Crippen molar-refractivity contribution in [3.05, 3.63) is 76.6 Å². The zero-order valence-corrected chi connectivity index (χ0v) is 17.9. The highest BCUT2D eigenvalue weighted by Gasteiger charge is 2.30. The Balaban J connectivity index is 1.37. The predicted octanol–water partition coefficient (Wildman–Crippen LogP) is 5.60. The van der Waals surface area contributed by atoms with Gasteiger partial charge >= 0.3 is 6.18 Å². The molecule has 0 aliphatic heterocycles. The second kappa shape index (κ2) is 8.68. The lowest BCUT2D eigenvalue weighted by Gasteiger charge is -2.17. The first-order valence-electron chi connectivity index (χ1n) is 10.5. The molecule has 8 heteroatoms. The molecular formula is C24H24F3N3O2. The molecule has 1 aliphatic rings. The molecule has 1 aliphatic carbocycles. The SMILES string of the molecule is CC1CCCc2c1nn(C)c2C(=O)NCc1ccc(Oc2ccc(C(F)(F)F)cc2)cc1. The van der Waals surface area contributed by atoms with Crippen molar-refractivity contribution in [2.24, 2.45) is 7.05 Å². The standard InChI is InChI=1S/C24H24F3N3O2/c1-15-4-3-5-20-21(15)29-30(2)22(20)23(31)28-14-16-6-10-18(11-7-16)32-19-12-8-17(9-13-19)24(25,26)27/h6-13,15H,3-5,14H2,1-2H3,(H,28,31). The van der Waals surface area contributed by atoms with Gasteiger partial charge in [-0.3, -0.25) is 9.48 Å². The third-order valence-electron chi connectivity index (χ3n) is 5.72. The number of rotatable bonds is 5. The lowest BCUT2D eigenvalue weighted by atomic mass is 9.88. The van der Waals surface area contributed by atoms with Crippen molar-refractivity contribution >= 4 is 5.91 Å². The van der Waals surface area contributed by atoms with Crippen LogP contribution in [0.4, 0.5) is 13.2 Å². The van der Waals surface area contributed by atoms with Gasteiger partial charge in [-0.1, -0.05) is 19.1 Å². The van der Waals surface area contributed by atoms with E-state index in [0.29, 0.717) is 29.7 Å². The van der Waals surface area contributed by atoms with E-state index in [1.54, 1.807) is 36.0 Å². The van der Waals surface area contributed by atoms with Crippen molar-refractivity contribution < 1.29 is 22.7 Å². The van der Waals surface area contributed by atoms with Crippen LogP contribution in [0.3, 0.4) is 0 Å². The second-order valence-electron chi connectivity index (χ2n) is 8.08. The van der Waals surface area contributed by atoms with Crippen LogP contribution in [-0.2, 0) is 26.2 Å². The summed E-state index contributed by atoms with van der Waals surface area (Å²) in [5.41, 5.74) is 2.84. The van der Waals surface area contributed by atoms with Gasteiger partial charge in [0.25, 0.3) is 5.91 Å². The summed E-state index contributed by atoms with van der Waals surface area (Å²) < 4.78 is 45.2. The molecule has 0 bridgehead atoms. The number of benzene rings is 2. The summed E-state index contributed by atoms with van der Waals surface area (Å²) in [4.78, 5) is 12.8. The lowest BCUT2D eigenvalue weighted by Crippen LogP contribution is -2.26. The van der Waals surface area contributed by atoms with Crippen molar-refractivity contribution in [1.82, 2.24) is 15.1 Å². The molecule has 1 heterocycles. The van der Waals surface area contributed by atoms with E-state index in [-0.39, 0.29) is 5.91 Å². The summed E-state index contributed by atoms with van der Waals surface area (Å²) >= 11 is 0. The first-order valence-corrected chi connectivity index (χ1v) is 10.5. The Morgan fingerprint density at radius 1 is 1.12 bits per heavy atom. The maximum Gasteiger partial charge on any atom is 0.416 e. The summed E-state index contributed by atoms with van der Waals surface area (Å²) in [5.74, 6) is 1.02. The van der Waals surface area contributed by atoms with E-state index < -0.39 is 11.7 Å². The molecular weight excluding hydrogens is 419 g/mol. The summed E-state index contributed by atoms with van der Waals surface area (Å²) in [6.45, 7) is 2.48. The monoisotopic (exact) mass is 443 g/mol. The summed E-state index contributed by atoms with van der Waals surface area (Å²) in [7, 11) is 1.80. The molecule has 0 saturated carbocycles. The van der Waals surface area contributed by atoms with Gasteiger partial charge in [-0.05, 0) is 61.2 Å². The number of nitrogens with zero attached hydrogens (tertiary/aromatic N) is 2. The average molecular weight is 443 g/mol. The molecule has 0 radical (unpaired) electrons. The fourth-order valence-corrected chi connectivity index (χ4v) is 4.03. The Kier molecular flexibility index (Phi) is 5.95. The molecule has 1 N–H and O–H groups in total. The number of carbonyl (C=O) groups is 1. The van der Waals surface area contributed by atoms with Gasteiger partial charge in [-0.25, -0.2) is 0 Å². The van der Waals surface area contributed by atoms with E-state index in [0.717, 1.165) is 48.2 Å². The van der Waals surface area contributed by atoms with Gasteiger partial charge in [-0.2, -0.15) is 18.3 Å². The first-order chi connectivity index (χ1) is 15.2. The highest BCUT2D eigenvalue weighted by atomic mass is 19.4. The number of aromatic nitrogens is 2. The molecule has 1 aromatic heterocycles. The predicted molar refractivity (Wildman–Crippen MR) is 114 cm³/mol. The van der Waals surface area contributed by atoms with Crippen LogP contribution in [0, 0.1) is 0 Å². The minimum absolute atomic E-state index is 0.152. The van der Waals surface area contributed by atoms with Gasteiger partial charge in [-0.15, -0.1) is 0 Å². The Morgan fingerprint density at radius 3 is 2.38 bits per heavy atom. The van der Waals surface area contributed by atoms with Crippen LogP contribution in [0.2, 0.25) is 0 Å². The number of fused-ring (bicyclic) bond motifs is 1. The molecule has 0 fully saturated rings. The molecule has 5 nitrogen and oxygen atoms in total. The van der Waals surface area contributed by atoms with Crippen molar-refractivity contribution in [2.45, 2.75) is 44.8 Å². The molecule has 3 aromatic rings. The largest absolute Gasteiger partial charge is 0.457 e. The van der Waals surface area contributed by atoms with Gasteiger partial charge in [0.05, 0.1) is 11.3 Å². The molecule has 2 aromatic carbocycles. The van der Waals surface area contributed by atoms with E-state index in [9.17, 15) is 18.0 Å². The van der Waals surface area contributed by atoms with Crippen LogP contribution in [0.1, 0.15) is 58.6 Å². The Labute approximate surface area is 184 Å². The Morgan fingerprint density at radius 2 is 1.75 bits per heavy atom. The van der Waals surface area contributed by atoms with Crippen LogP contribution in [-0.4, -0.2) is 15.7 Å². The Bertz CT molecular complexity index is 1100. The fraction of sp³-hybridized carbons (Fsp3) is 0.333. The number of nitrogens with one attached hydrogen (secondary N) is 1. The van der Waals surface area contributed by atoms with E-state index in [4.69, 9.17) is 4.74 Å². The number of alkyl halides is 3. The molecule has 32 heavy (non-hydrogen) atoms. The van der Waals surface area contributed by atoms with Gasteiger partial charge in [0.2, 0.25) is 0 Å². The van der Waals surface area contributed by atoms with Crippen molar-refractivity contribution in [3.63, 3.8) is 0 Å². The highest BCUT2D eigenvalue weighted by molar-refractivity contribution is 5.94. The van der Waals surface area contributed by atoms with E-state index >= 15 is 0 Å². The van der Waals surface area contributed by atoms with Crippen LogP contribution in [0.5, 0.6) is 11.5 Å². The maximum absolute atomic E-state index is 12.8. The normalized spacial score (nSPS) is 15.8. The number of aryl methyl sites for hydroxylation is 1. The average Bonchev–Trinajstić information content (AvgIpc) is 3.10. The van der Waals surface area contributed by atoms with Crippen molar-refractivity contribution in [3.8, 4) is 11.5 Å². The third kappa shape index (κ3) is 4.64. The lowest BCUT2D eigenvalue weighted by molar-refractivity contribution is -0.137. The van der Waals surface area contributed by atoms with Gasteiger partial charge in [0, 0.05) is 25.1 Å². The molecule has 0 spiro atoms. The molecule has 168 valence electrons. The number of hydrogen-bond donors (Lipinski definition) is 1. The third-order valence-corrected chi connectivity index (χ3v) is 5.72. The zero-order chi connectivity index (χ0) is 22.9. The Hall–Kier alpha value is -3.29. The molecule has 0 saturated heterocycles. The number of amides is 1. The molecule has 4 rings (SSSR count). The first kappa shape index (κ1) is 21.9. The fourth-order valence-electron chi connectivity index (χ4n) is 4.03. The smallest absolute Gasteiger partial charge is 0.416 e. The van der Waals surface area contributed by atoms with Crippen LogP contribution in [0.15, 0.2) is 48.5 Å². The highest BCUT2D eigenvalue weighted by Crippen LogP contribution is 2.33. The minimum Gasteiger partial charge on any atom is -0.457 e. The summed E-state index contributed by atoms with van der Waals surface area (Å²) in [5, 5.41) is 7.50. The quantitative estimate of drug-likeness (QED) is 0.558. The van der Waals surface area contributed by atoms with Gasteiger partial charge in [0.15, 0.2) is 0 Å². The number of hydrogen-bond acceptors (Lipinski definition) is 3. The van der Waals surface area contributed by atoms with E-state index in [1.807, 2.05) is 0 Å². The number of carbonyl (C=O) groups excluding carboxylic acids is 1. The second-order valence-corrected chi connectivity index (χ2v) is 8.08. The van der Waals surface area contributed by atoms with E-state index in [1.165, 1.54) is 12.1 Å². The summed E-state index contributed by atoms with van der Waals surface area (Å²) in [6, 6.07) is 11.6. The topological polar surface area (TPSA) is 56.2 Å². The minimum atomic E-state index is -4.38. The maximum atomic E-state index is 12.8. The van der Waals surface area contributed by atoms with E-state index in [2.05, 4.69) is 17.3 Å². The molecule has 1 unspecified atom stereocenters. The van der Waals surface area contributed by atoms with Gasteiger partial charge < -0.3 is 10.1 Å². The van der Waals surface area contributed by atoms with Crippen molar-refractivity contribution in [2.75, 3.05) is 0 Å². The van der Waals surface area contributed by atoms with Crippen molar-refractivity contribution in [1.29, 1.82) is 0 Å². The van der Waals surface area contributed by atoms with Gasteiger partial charge in [0.1, 0.15) is 17.2 Å². The van der Waals surface area contributed by atoms with Crippen LogP contribution < -0.4 is 10.1 Å². The van der Waals surface area contributed by atoms with Crippen LogP contribution in [0.25, 0.3) is 0 Å². The summed E-state index contributed by atoms with van der Waals surface area (Å²) in [6.07, 6.45) is -1.36. The molecule has 1 amide bonds. The number of halogens is 3.